The number of rotatable bonds is 4. The molecular weight excluding hydrogens is 427 g/mol. The summed E-state index contributed by atoms with van der Waals surface area (Å²) >= 11 is 11.6. The van der Waals surface area contributed by atoms with Crippen LogP contribution in [0.2, 0.25) is 10.0 Å². The van der Waals surface area contributed by atoms with E-state index in [1.165, 1.54) is 29.3 Å². The summed E-state index contributed by atoms with van der Waals surface area (Å²) in [6.45, 7) is 0.295. The maximum Gasteiger partial charge on any atom is 0.251 e. The lowest BCUT2D eigenvalue weighted by atomic mass is 9.92. The normalized spacial score (nSPS) is 20.2. The first kappa shape index (κ1) is 20.0. The summed E-state index contributed by atoms with van der Waals surface area (Å²) in [6, 6.07) is 4.30. The van der Waals surface area contributed by atoms with Crippen LogP contribution in [0.4, 0.5) is 14.6 Å². The second-order valence-electron chi connectivity index (χ2n) is 6.90. The lowest BCUT2D eigenvalue weighted by Gasteiger charge is -2.45. The molecule has 0 saturated carbocycles. The topological polar surface area (TPSA) is 62.7 Å². The molecule has 0 bridgehead atoms. The van der Waals surface area contributed by atoms with Gasteiger partial charge >= 0.3 is 0 Å². The van der Waals surface area contributed by atoms with Crippen molar-refractivity contribution in [2.75, 3.05) is 24.7 Å². The second-order valence-corrected chi connectivity index (χ2v) is 7.74. The van der Waals surface area contributed by atoms with Crippen molar-refractivity contribution in [1.82, 2.24) is 9.88 Å². The maximum atomic E-state index is 14.3. The van der Waals surface area contributed by atoms with E-state index in [0.717, 1.165) is 11.0 Å². The van der Waals surface area contributed by atoms with Gasteiger partial charge in [0.15, 0.2) is 11.6 Å². The zero-order chi connectivity index (χ0) is 20.7. The molecule has 0 radical (unpaired) electrons. The number of carbonyl (C=O) groups is 2. The fraction of sp³-hybridized carbons (Fsp3) is 0.316. The summed E-state index contributed by atoms with van der Waals surface area (Å²) in [7, 11) is 0. The van der Waals surface area contributed by atoms with Crippen LogP contribution < -0.4 is 4.90 Å². The number of hydrogen-bond donors (Lipinski definition) is 0. The number of hydrogen-bond acceptors (Lipinski definition) is 4. The third-order valence-corrected chi connectivity index (χ3v) is 5.46. The van der Waals surface area contributed by atoms with E-state index in [4.69, 9.17) is 27.9 Å². The summed E-state index contributed by atoms with van der Waals surface area (Å²) in [5, 5.41) is 0.0108. The van der Waals surface area contributed by atoms with E-state index >= 15 is 0 Å². The molecule has 0 N–H and O–H groups in total. The molecule has 2 aromatic rings. The number of benzene rings is 1. The van der Waals surface area contributed by atoms with Crippen molar-refractivity contribution in [3.8, 4) is 0 Å². The van der Waals surface area contributed by atoms with Crippen molar-refractivity contribution < 1.29 is 23.1 Å². The number of ether oxygens (including phenoxy) is 1. The van der Waals surface area contributed by atoms with Crippen molar-refractivity contribution >= 4 is 40.8 Å². The molecule has 6 nitrogen and oxygen atoms in total. The van der Waals surface area contributed by atoms with E-state index in [1.54, 1.807) is 0 Å². The van der Waals surface area contributed by atoms with E-state index in [1.807, 2.05) is 0 Å². The van der Waals surface area contributed by atoms with Crippen LogP contribution in [-0.2, 0) is 20.9 Å². The lowest BCUT2D eigenvalue weighted by Crippen LogP contribution is -2.65. The fourth-order valence-electron chi connectivity index (χ4n) is 3.45. The fourth-order valence-corrected chi connectivity index (χ4v) is 3.80. The number of piperazine rings is 1. The second kappa shape index (κ2) is 7.85. The Hall–Kier alpha value is -2.29. The first-order chi connectivity index (χ1) is 13.8. The van der Waals surface area contributed by atoms with Gasteiger partial charge in [0.25, 0.3) is 5.91 Å². The smallest absolute Gasteiger partial charge is 0.251 e. The molecule has 2 amide bonds. The van der Waals surface area contributed by atoms with Crippen molar-refractivity contribution in [2.24, 2.45) is 5.92 Å². The molecule has 0 unspecified atom stereocenters. The number of pyridine rings is 1. The maximum absolute atomic E-state index is 14.3. The van der Waals surface area contributed by atoms with Gasteiger partial charge in [0, 0.05) is 18.7 Å². The molecule has 152 valence electrons. The van der Waals surface area contributed by atoms with Gasteiger partial charge in [0.05, 0.1) is 23.3 Å². The van der Waals surface area contributed by atoms with Crippen molar-refractivity contribution in [3.05, 3.63) is 57.7 Å². The summed E-state index contributed by atoms with van der Waals surface area (Å²) in [5.74, 6) is -2.70. The van der Waals surface area contributed by atoms with E-state index in [-0.39, 0.29) is 34.9 Å². The van der Waals surface area contributed by atoms with Gasteiger partial charge in [0.1, 0.15) is 18.4 Å². The molecule has 2 saturated heterocycles. The number of amides is 2. The Morgan fingerprint density at radius 1 is 1.14 bits per heavy atom. The van der Waals surface area contributed by atoms with Crippen LogP contribution in [0.5, 0.6) is 0 Å². The van der Waals surface area contributed by atoms with Gasteiger partial charge in [0.2, 0.25) is 5.91 Å². The summed E-state index contributed by atoms with van der Waals surface area (Å²) in [4.78, 5) is 32.5. The highest BCUT2D eigenvalue weighted by Crippen LogP contribution is 2.31. The van der Waals surface area contributed by atoms with E-state index < -0.39 is 29.5 Å². The van der Waals surface area contributed by atoms with Crippen molar-refractivity contribution in [2.45, 2.75) is 12.6 Å². The Labute approximate surface area is 175 Å². The van der Waals surface area contributed by atoms with Crippen molar-refractivity contribution in [3.63, 3.8) is 0 Å². The minimum absolute atomic E-state index is 0.0656. The summed E-state index contributed by atoms with van der Waals surface area (Å²) < 4.78 is 33.0. The highest BCUT2D eigenvalue weighted by Gasteiger charge is 2.47. The predicted octanol–water partition coefficient (Wildman–Crippen LogP) is 3.06. The molecule has 1 aromatic carbocycles. The average Bonchev–Trinajstić information content (AvgIpc) is 2.62. The van der Waals surface area contributed by atoms with Crippen LogP contribution in [0, 0.1) is 17.6 Å². The molecule has 2 aliphatic heterocycles. The Balaban J connectivity index is 1.66. The number of anilines is 1. The molecule has 2 aliphatic rings. The molecule has 1 atom stereocenters. The molecule has 1 aromatic heterocycles. The standard InChI is InChI=1S/C19H15Cl2F2N3O3/c20-12-4-15(23)18(24-5-12)26-7-16(27)25(17(19(26)28)11-8-29-9-11)6-10-1-2-14(22)13(21)3-10/h1-5,11,17H,6-9H2/t17-/m0/s1. The average molecular weight is 442 g/mol. The van der Waals surface area contributed by atoms with E-state index in [9.17, 15) is 18.4 Å². The highest BCUT2D eigenvalue weighted by atomic mass is 35.5. The molecule has 10 heteroatoms. The van der Waals surface area contributed by atoms with Crippen molar-refractivity contribution in [1.29, 1.82) is 0 Å². The van der Waals surface area contributed by atoms with Crippen LogP contribution in [0.25, 0.3) is 0 Å². The van der Waals surface area contributed by atoms with Crippen LogP contribution in [0.1, 0.15) is 5.56 Å². The lowest BCUT2D eigenvalue weighted by molar-refractivity contribution is -0.155. The van der Waals surface area contributed by atoms with Crippen LogP contribution in [0.15, 0.2) is 30.5 Å². The molecule has 3 heterocycles. The van der Waals surface area contributed by atoms with Crippen LogP contribution in [0.3, 0.4) is 0 Å². The highest BCUT2D eigenvalue weighted by molar-refractivity contribution is 6.31. The van der Waals surface area contributed by atoms with E-state index in [0.29, 0.717) is 18.8 Å². The van der Waals surface area contributed by atoms with Gasteiger partial charge in [-0.2, -0.15) is 0 Å². The minimum Gasteiger partial charge on any atom is -0.380 e. The quantitative estimate of drug-likeness (QED) is 0.731. The monoisotopic (exact) mass is 441 g/mol. The number of nitrogens with zero attached hydrogens (tertiary/aromatic N) is 3. The Bertz CT molecular complexity index is 987. The first-order valence-electron chi connectivity index (χ1n) is 8.78. The molecule has 29 heavy (non-hydrogen) atoms. The Morgan fingerprint density at radius 2 is 1.90 bits per heavy atom. The van der Waals surface area contributed by atoms with Gasteiger partial charge in [-0.3, -0.25) is 14.5 Å². The summed E-state index contributed by atoms with van der Waals surface area (Å²) in [6.07, 6.45) is 1.21. The molecule has 4 rings (SSSR count). The molecule has 0 spiro atoms. The van der Waals surface area contributed by atoms with Gasteiger partial charge in [-0.05, 0) is 23.8 Å². The largest absolute Gasteiger partial charge is 0.380 e. The number of halogens is 4. The number of aromatic nitrogens is 1. The van der Waals surface area contributed by atoms with Gasteiger partial charge in [-0.1, -0.05) is 29.3 Å². The molecule has 2 fully saturated rings. The zero-order valence-corrected chi connectivity index (χ0v) is 16.5. The van der Waals surface area contributed by atoms with E-state index in [2.05, 4.69) is 4.98 Å². The Morgan fingerprint density at radius 3 is 2.52 bits per heavy atom. The minimum atomic E-state index is -0.856. The molecular formula is C19H15Cl2F2N3O3. The van der Waals surface area contributed by atoms with Gasteiger partial charge in [-0.25, -0.2) is 13.8 Å². The summed E-state index contributed by atoms with van der Waals surface area (Å²) in [5.41, 5.74) is 0.576. The predicted molar refractivity (Wildman–Crippen MR) is 102 cm³/mol. The van der Waals surface area contributed by atoms with Gasteiger partial charge in [-0.15, -0.1) is 0 Å². The SMILES string of the molecule is O=C1[C@H](C2COC2)N(Cc2ccc(F)c(Cl)c2)C(=O)CN1c1ncc(Cl)cc1F. The van der Waals surface area contributed by atoms with Crippen LogP contribution in [-0.4, -0.2) is 47.5 Å². The third-order valence-electron chi connectivity index (χ3n) is 4.96. The Kier molecular flexibility index (Phi) is 5.42. The molecule has 0 aliphatic carbocycles. The van der Waals surface area contributed by atoms with Gasteiger partial charge < -0.3 is 9.64 Å². The third kappa shape index (κ3) is 3.80. The first-order valence-corrected chi connectivity index (χ1v) is 9.54. The zero-order valence-electron chi connectivity index (χ0n) is 14.9. The number of carbonyl (C=O) groups excluding carboxylic acids is 2. The van der Waals surface area contributed by atoms with Crippen LogP contribution >= 0.6 is 23.2 Å².